The summed E-state index contributed by atoms with van der Waals surface area (Å²) in [5.41, 5.74) is 5.87. The molecule has 2 heterocycles. The highest BCUT2D eigenvalue weighted by Crippen LogP contribution is 2.35. The molecule has 6 nitrogen and oxygen atoms in total. The van der Waals surface area contributed by atoms with E-state index >= 15 is 0 Å². The van der Waals surface area contributed by atoms with E-state index in [4.69, 9.17) is 5.73 Å². The van der Waals surface area contributed by atoms with Gasteiger partial charge in [0.15, 0.2) is 5.78 Å². The molecule has 1 aliphatic rings. The molecule has 0 fully saturated rings. The summed E-state index contributed by atoms with van der Waals surface area (Å²) in [5.74, 6) is -0.926. The third-order valence-electron chi connectivity index (χ3n) is 4.06. The van der Waals surface area contributed by atoms with Crippen LogP contribution >= 0.6 is 0 Å². The van der Waals surface area contributed by atoms with E-state index in [0.717, 1.165) is 0 Å². The molecule has 0 atom stereocenters. The third kappa shape index (κ3) is 2.56. The molecule has 0 saturated carbocycles. The second kappa shape index (κ2) is 5.15. The Morgan fingerprint density at radius 2 is 2.04 bits per heavy atom. The van der Waals surface area contributed by atoms with E-state index in [1.165, 1.54) is 16.8 Å². The number of nitrogens with two attached hydrogens (primary N) is 1. The quantitative estimate of drug-likeness (QED) is 0.909. The first-order valence-corrected chi connectivity index (χ1v) is 7.32. The van der Waals surface area contributed by atoms with E-state index in [0.29, 0.717) is 29.8 Å². The van der Waals surface area contributed by atoms with Crippen LogP contribution in [0.5, 0.6) is 0 Å². The molecule has 1 amide bonds. The molecule has 0 saturated heterocycles. The van der Waals surface area contributed by atoms with Crippen LogP contribution in [-0.4, -0.2) is 21.2 Å². The minimum Gasteiger partial charge on any atom is -0.365 e. The van der Waals surface area contributed by atoms with Gasteiger partial charge in [0.25, 0.3) is 11.5 Å². The maximum absolute atomic E-state index is 12.7. The molecule has 0 spiro atoms. The minimum atomic E-state index is -0.840. The van der Waals surface area contributed by atoms with Crippen LogP contribution in [0, 0.1) is 5.41 Å². The molecule has 6 heteroatoms. The van der Waals surface area contributed by atoms with Crippen LogP contribution in [0.3, 0.4) is 0 Å². The predicted octanol–water partition coefficient (Wildman–Crippen LogP) is 1.49. The van der Waals surface area contributed by atoms with Crippen molar-refractivity contribution in [3.63, 3.8) is 0 Å². The summed E-state index contributed by atoms with van der Waals surface area (Å²) < 4.78 is 1.39. The van der Waals surface area contributed by atoms with Gasteiger partial charge in [-0.05, 0) is 30.0 Å². The number of pyridine rings is 2. The number of nitrogens with zero attached hydrogens (tertiary/aromatic N) is 2. The van der Waals surface area contributed by atoms with Crippen molar-refractivity contribution in [1.29, 1.82) is 0 Å². The Balaban J connectivity index is 2.40. The Kier molecular flexibility index (Phi) is 3.39. The van der Waals surface area contributed by atoms with Crippen LogP contribution in [0.1, 0.15) is 46.7 Å². The lowest BCUT2D eigenvalue weighted by atomic mass is 9.75. The smallest absolute Gasteiger partial charge is 0.268 e. The molecular weight excluding hydrogens is 294 g/mol. The number of primary amides is 1. The summed E-state index contributed by atoms with van der Waals surface area (Å²) in [6.45, 7) is 3.96. The Labute approximate surface area is 133 Å². The molecule has 3 rings (SSSR count). The zero-order valence-corrected chi connectivity index (χ0v) is 13.0. The molecule has 0 radical (unpaired) electrons. The van der Waals surface area contributed by atoms with Crippen LogP contribution in [0.2, 0.25) is 0 Å². The van der Waals surface area contributed by atoms with Crippen LogP contribution in [0.15, 0.2) is 35.4 Å². The summed E-state index contributed by atoms with van der Waals surface area (Å²) in [7, 11) is 0. The number of Topliss-reactive ketones (excluding diaryl/α,β-unsaturated/α-hetero) is 1. The molecule has 0 aromatic carbocycles. The summed E-state index contributed by atoms with van der Waals surface area (Å²) in [4.78, 5) is 40.8. The van der Waals surface area contributed by atoms with Gasteiger partial charge in [0.2, 0.25) is 0 Å². The average molecular weight is 311 g/mol. The van der Waals surface area contributed by atoms with Crippen LogP contribution in [-0.2, 0) is 6.42 Å². The van der Waals surface area contributed by atoms with Gasteiger partial charge in [-0.15, -0.1) is 0 Å². The van der Waals surface area contributed by atoms with Crippen LogP contribution in [0.25, 0.3) is 5.69 Å². The molecule has 2 aromatic rings. The first-order valence-electron chi connectivity index (χ1n) is 7.32. The van der Waals surface area contributed by atoms with E-state index in [-0.39, 0.29) is 16.8 Å². The fraction of sp³-hybridized carbons (Fsp3) is 0.294. The summed E-state index contributed by atoms with van der Waals surface area (Å²) >= 11 is 0. The number of hydrogen-bond donors (Lipinski definition) is 1. The van der Waals surface area contributed by atoms with Crippen molar-refractivity contribution >= 4 is 11.7 Å². The van der Waals surface area contributed by atoms with Gasteiger partial charge in [-0.3, -0.25) is 23.9 Å². The van der Waals surface area contributed by atoms with Gasteiger partial charge in [0.05, 0.1) is 11.9 Å². The number of aromatic nitrogens is 2. The number of carbonyl (C=O) groups is 2. The fourth-order valence-corrected chi connectivity index (χ4v) is 3.05. The summed E-state index contributed by atoms with van der Waals surface area (Å²) in [6.07, 6.45) is 4.03. The normalized spacial score (nSPS) is 16.0. The van der Waals surface area contributed by atoms with Gasteiger partial charge < -0.3 is 5.73 Å². The minimum absolute atomic E-state index is 0.0867. The number of hydrogen-bond acceptors (Lipinski definition) is 4. The van der Waals surface area contributed by atoms with Crippen LogP contribution < -0.4 is 11.3 Å². The Hall–Kier alpha value is -2.76. The van der Waals surface area contributed by atoms with Crippen molar-refractivity contribution in [3.8, 4) is 5.69 Å². The largest absolute Gasteiger partial charge is 0.365 e. The number of fused-ring (bicyclic) bond motifs is 1. The SMILES string of the molecule is CC1(C)CC(=O)c2cc(C(N)=O)c(=O)n(-c3cccnc3)c2C1. The van der Waals surface area contributed by atoms with E-state index in [2.05, 4.69) is 4.98 Å². The maximum Gasteiger partial charge on any atom is 0.268 e. The van der Waals surface area contributed by atoms with Gasteiger partial charge in [-0.2, -0.15) is 0 Å². The fourth-order valence-electron chi connectivity index (χ4n) is 3.05. The lowest BCUT2D eigenvalue weighted by Crippen LogP contribution is -2.37. The van der Waals surface area contributed by atoms with Gasteiger partial charge in [0.1, 0.15) is 5.56 Å². The zero-order valence-electron chi connectivity index (χ0n) is 13.0. The standard InChI is InChI=1S/C17H17N3O3/c1-17(2)7-13-11(14(21)8-17)6-12(15(18)22)16(23)20(13)10-4-3-5-19-9-10/h3-6,9H,7-8H2,1-2H3,(H2,18,22). The van der Waals surface area contributed by atoms with Gasteiger partial charge in [0, 0.05) is 23.9 Å². The lowest BCUT2D eigenvalue weighted by molar-refractivity contribution is 0.0909. The van der Waals surface area contributed by atoms with E-state index < -0.39 is 11.5 Å². The van der Waals surface area contributed by atoms with Crippen LogP contribution in [0.4, 0.5) is 0 Å². The number of carbonyl (C=O) groups excluding carboxylic acids is 2. The third-order valence-corrected chi connectivity index (χ3v) is 4.06. The first kappa shape index (κ1) is 15.1. The Morgan fingerprint density at radius 1 is 1.30 bits per heavy atom. The molecular formula is C17H17N3O3. The Bertz CT molecular complexity index is 867. The number of ketones is 1. The van der Waals surface area contributed by atoms with Gasteiger partial charge in [-0.1, -0.05) is 13.8 Å². The van der Waals surface area contributed by atoms with Crippen molar-refractivity contribution in [1.82, 2.24) is 9.55 Å². The molecule has 2 aromatic heterocycles. The number of rotatable bonds is 2. The summed E-state index contributed by atoms with van der Waals surface area (Å²) in [5, 5.41) is 0. The zero-order chi connectivity index (χ0) is 16.8. The van der Waals surface area contributed by atoms with E-state index in [1.807, 2.05) is 13.8 Å². The van der Waals surface area contributed by atoms with Crippen molar-refractivity contribution in [2.75, 3.05) is 0 Å². The molecule has 0 aliphatic heterocycles. The van der Waals surface area contributed by atoms with Gasteiger partial charge in [-0.25, -0.2) is 0 Å². The highest BCUT2D eigenvalue weighted by Gasteiger charge is 2.34. The highest BCUT2D eigenvalue weighted by molar-refractivity contribution is 6.02. The summed E-state index contributed by atoms with van der Waals surface area (Å²) in [6, 6.07) is 4.75. The number of amides is 1. The molecule has 1 aliphatic carbocycles. The van der Waals surface area contributed by atoms with Crippen molar-refractivity contribution in [2.24, 2.45) is 11.1 Å². The first-order chi connectivity index (χ1) is 10.8. The molecule has 23 heavy (non-hydrogen) atoms. The second-order valence-electron chi connectivity index (χ2n) is 6.58. The molecule has 0 unspecified atom stereocenters. The van der Waals surface area contributed by atoms with Crippen molar-refractivity contribution < 1.29 is 9.59 Å². The second-order valence-corrected chi connectivity index (χ2v) is 6.58. The van der Waals surface area contributed by atoms with Gasteiger partial charge >= 0.3 is 0 Å². The lowest BCUT2D eigenvalue weighted by Gasteiger charge is -2.32. The topological polar surface area (TPSA) is 95.0 Å². The molecule has 118 valence electrons. The van der Waals surface area contributed by atoms with Crippen molar-refractivity contribution in [2.45, 2.75) is 26.7 Å². The molecule has 2 N–H and O–H groups in total. The monoisotopic (exact) mass is 311 g/mol. The van der Waals surface area contributed by atoms with E-state index in [9.17, 15) is 14.4 Å². The highest BCUT2D eigenvalue weighted by atomic mass is 16.2. The molecule has 0 bridgehead atoms. The maximum atomic E-state index is 12.7. The van der Waals surface area contributed by atoms with E-state index in [1.54, 1.807) is 18.3 Å². The Morgan fingerprint density at radius 3 is 2.65 bits per heavy atom. The van der Waals surface area contributed by atoms with Crippen molar-refractivity contribution in [3.05, 3.63) is 57.8 Å². The average Bonchev–Trinajstić information content (AvgIpc) is 2.46. The predicted molar refractivity (Wildman–Crippen MR) is 84.8 cm³/mol.